The van der Waals surface area contributed by atoms with E-state index in [1.807, 2.05) is 30.3 Å². The first-order valence-corrected chi connectivity index (χ1v) is 8.14. The van der Waals surface area contributed by atoms with Crippen LogP contribution in [0.1, 0.15) is 11.5 Å². The fourth-order valence-corrected chi connectivity index (χ4v) is 2.74. The van der Waals surface area contributed by atoms with Crippen molar-refractivity contribution in [3.05, 3.63) is 41.8 Å². The highest BCUT2D eigenvalue weighted by molar-refractivity contribution is 5.80. The molecule has 7 nitrogen and oxygen atoms in total. The highest BCUT2D eigenvalue weighted by Gasteiger charge is 2.28. The van der Waals surface area contributed by atoms with Crippen molar-refractivity contribution < 1.29 is 23.8 Å². The van der Waals surface area contributed by atoms with Crippen molar-refractivity contribution >= 4 is 11.9 Å². The van der Waals surface area contributed by atoms with E-state index in [0.717, 1.165) is 5.56 Å². The van der Waals surface area contributed by atoms with Crippen molar-refractivity contribution in [2.24, 2.45) is 5.92 Å². The van der Waals surface area contributed by atoms with Gasteiger partial charge in [-0.15, -0.1) is 0 Å². The molecular weight excluding hydrogens is 324 g/mol. The molecule has 3 rings (SSSR count). The Balaban J connectivity index is 1.72. The van der Waals surface area contributed by atoms with Crippen LogP contribution in [0.4, 0.5) is 0 Å². The summed E-state index contributed by atoms with van der Waals surface area (Å²) >= 11 is 0. The van der Waals surface area contributed by atoms with E-state index < -0.39 is 11.9 Å². The lowest BCUT2D eigenvalue weighted by Crippen LogP contribution is -2.39. The maximum Gasteiger partial charge on any atom is 0.310 e. The number of carbonyl (C=O) groups is 2. The number of carbonyl (C=O) groups excluding carboxylic acids is 1. The standard InChI is InChI=1S/C18H20N2O5/c1-12-15(19-17(25-12)13-5-3-2-4-6-13)9-16(21)20-7-8-24-11-14(10-20)18(22)23/h2-6,14H,7-11H2,1H3,(H,22,23). The number of benzene rings is 1. The molecular formula is C18H20N2O5. The second kappa shape index (κ2) is 7.48. The Bertz CT molecular complexity index is 756. The fourth-order valence-electron chi connectivity index (χ4n) is 2.74. The number of hydrogen-bond acceptors (Lipinski definition) is 5. The Morgan fingerprint density at radius 3 is 2.80 bits per heavy atom. The van der Waals surface area contributed by atoms with E-state index in [1.54, 1.807) is 6.92 Å². The van der Waals surface area contributed by atoms with E-state index in [0.29, 0.717) is 30.5 Å². The van der Waals surface area contributed by atoms with Crippen LogP contribution in [0, 0.1) is 12.8 Å². The molecule has 1 aliphatic heterocycles. The van der Waals surface area contributed by atoms with Gasteiger partial charge in [-0.1, -0.05) is 18.2 Å². The lowest BCUT2D eigenvalue weighted by atomic mass is 10.1. The molecule has 1 unspecified atom stereocenters. The summed E-state index contributed by atoms with van der Waals surface area (Å²) in [5.41, 5.74) is 1.42. The molecule has 0 bridgehead atoms. The second-order valence-electron chi connectivity index (χ2n) is 6.01. The largest absolute Gasteiger partial charge is 0.481 e. The number of rotatable bonds is 4. The monoisotopic (exact) mass is 344 g/mol. The number of aromatic nitrogens is 1. The van der Waals surface area contributed by atoms with Crippen LogP contribution in [0.5, 0.6) is 0 Å². The fraction of sp³-hybridized carbons (Fsp3) is 0.389. The average Bonchev–Trinajstić information content (AvgIpc) is 2.83. The van der Waals surface area contributed by atoms with E-state index >= 15 is 0 Å². The number of nitrogens with zero attached hydrogens (tertiary/aromatic N) is 2. The predicted molar refractivity (Wildman–Crippen MR) is 88.9 cm³/mol. The van der Waals surface area contributed by atoms with Crippen LogP contribution in [0.15, 0.2) is 34.7 Å². The number of carboxylic acids is 1. The molecule has 1 amide bonds. The zero-order valence-electron chi connectivity index (χ0n) is 14.0. The molecule has 1 aromatic heterocycles. The first-order chi connectivity index (χ1) is 12.0. The number of aryl methyl sites for hydroxylation is 1. The van der Waals surface area contributed by atoms with Gasteiger partial charge >= 0.3 is 5.97 Å². The lowest BCUT2D eigenvalue weighted by molar-refractivity contribution is -0.144. The number of aliphatic carboxylic acids is 1. The van der Waals surface area contributed by atoms with Crippen molar-refractivity contribution in [2.75, 3.05) is 26.3 Å². The van der Waals surface area contributed by atoms with Gasteiger partial charge in [-0.05, 0) is 19.1 Å². The van der Waals surface area contributed by atoms with Gasteiger partial charge < -0.3 is 19.2 Å². The zero-order valence-corrected chi connectivity index (χ0v) is 14.0. The van der Waals surface area contributed by atoms with Crippen LogP contribution >= 0.6 is 0 Å². The zero-order chi connectivity index (χ0) is 17.8. The molecule has 0 radical (unpaired) electrons. The third kappa shape index (κ3) is 4.06. The van der Waals surface area contributed by atoms with Crippen molar-refractivity contribution in [3.8, 4) is 11.5 Å². The van der Waals surface area contributed by atoms with E-state index in [4.69, 9.17) is 9.15 Å². The smallest absolute Gasteiger partial charge is 0.310 e. The Morgan fingerprint density at radius 1 is 1.32 bits per heavy atom. The van der Waals surface area contributed by atoms with Crippen LogP contribution in [-0.4, -0.2) is 53.2 Å². The molecule has 7 heteroatoms. The predicted octanol–water partition coefficient (Wildman–Crippen LogP) is 1.75. The van der Waals surface area contributed by atoms with Gasteiger partial charge in [-0.3, -0.25) is 9.59 Å². The van der Waals surface area contributed by atoms with Crippen LogP contribution in [-0.2, 0) is 20.7 Å². The number of amides is 1. The molecule has 132 valence electrons. The van der Waals surface area contributed by atoms with Crippen molar-refractivity contribution in [1.82, 2.24) is 9.88 Å². The van der Waals surface area contributed by atoms with Gasteiger partial charge in [0.05, 0.1) is 31.2 Å². The molecule has 0 spiro atoms. The van der Waals surface area contributed by atoms with Gasteiger partial charge in [0, 0.05) is 18.7 Å². The number of hydrogen-bond donors (Lipinski definition) is 1. The molecule has 0 saturated carbocycles. The SMILES string of the molecule is Cc1oc(-c2ccccc2)nc1CC(=O)N1CCOCC(C(=O)O)C1. The molecule has 2 aromatic rings. The first-order valence-electron chi connectivity index (χ1n) is 8.14. The third-order valence-corrected chi connectivity index (χ3v) is 4.20. The molecule has 1 aromatic carbocycles. The van der Waals surface area contributed by atoms with Gasteiger partial charge in [0.25, 0.3) is 0 Å². The minimum Gasteiger partial charge on any atom is -0.481 e. The number of carboxylic acid groups (broad SMARTS) is 1. The Morgan fingerprint density at radius 2 is 2.08 bits per heavy atom. The van der Waals surface area contributed by atoms with E-state index in [9.17, 15) is 14.7 Å². The summed E-state index contributed by atoms with van der Waals surface area (Å²) < 4.78 is 10.9. The highest BCUT2D eigenvalue weighted by Crippen LogP contribution is 2.22. The van der Waals surface area contributed by atoms with Gasteiger partial charge in [0.1, 0.15) is 5.76 Å². The molecule has 1 N–H and O–H groups in total. The summed E-state index contributed by atoms with van der Waals surface area (Å²) in [5.74, 6) is -0.766. The summed E-state index contributed by atoms with van der Waals surface area (Å²) in [6.07, 6.45) is 0.0779. The average molecular weight is 344 g/mol. The molecule has 1 saturated heterocycles. The van der Waals surface area contributed by atoms with Crippen molar-refractivity contribution in [3.63, 3.8) is 0 Å². The maximum absolute atomic E-state index is 12.6. The van der Waals surface area contributed by atoms with Crippen LogP contribution in [0.3, 0.4) is 0 Å². The molecule has 1 aliphatic rings. The summed E-state index contributed by atoms with van der Waals surface area (Å²) in [5, 5.41) is 9.18. The third-order valence-electron chi connectivity index (χ3n) is 4.20. The molecule has 25 heavy (non-hydrogen) atoms. The molecule has 0 aliphatic carbocycles. The van der Waals surface area contributed by atoms with E-state index in [1.165, 1.54) is 4.90 Å². The number of ether oxygens (including phenoxy) is 1. The Labute approximate surface area is 145 Å². The van der Waals surface area contributed by atoms with Crippen LogP contribution in [0.25, 0.3) is 11.5 Å². The summed E-state index contributed by atoms with van der Waals surface area (Å²) in [6, 6.07) is 9.47. The van der Waals surface area contributed by atoms with Crippen LogP contribution in [0.2, 0.25) is 0 Å². The minimum atomic E-state index is -0.955. The molecule has 1 atom stereocenters. The minimum absolute atomic E-state index is 0.0779. The van der Waals surface area contributed by atoms with Crippen molar-refractivity contribution in [1.29, 1.82) is 0 Å². The number of oxazole rings is 1. The Hall–Kier alpha value is -2.67. The second-order valence-corrected chi connectivity index (χ2v) is 6.01. The normalized spacial score (nSPS) is 18.0. The highest BCUT2D eigenvalue weighted by atomic mass is 16.5. The quantitative estimate of drug-likeness (QED) is 0.908. The van der Waals surface area contributed by atoms with Gasteiger partial charge in [-0.25, -0.2) is 4.98 Å². The van der Waals surface area contributed by atoms with E-state index in [2.05, 4.69) is 4.98 Å². The van der Waals surface area contributed by atoms with Gasteiger partial charge in [0.15, 0.2) is 0 Å². The van der Waals surface area contributed by atoms with Crippen molar-refractivity contribution in [2.45, 2.75) is 13.3 Å². The summed E-state index contributed by atoms with van der Waals surface area (Å²) in [4.78, 5) is 29.7. The van der Waals surface area contributed by atoms with Gasteiger partial charge in [0.2, 0.25) is 11.8 Å². The topological polar surface area (TPSA) is 92.9 Å². The first kappa shape index (κ1) is 17.2. The molecule has 1 fully saturated rings. The molecule has 2 heterocycles. The maximum atomic E-state index is 12.6. The lowest BCUT2D eigenvalue weighted by Gasteiger charge is -2.21. The van der Waals surface area contributed by atoms with Crippen LogP contribution < -0.4 is 0 Å². The van der Waals surface area contributed by atoms with Gasteiger partial charge in [-0.2, -0.15) is 0 Å². The summed E-state index contributed by atoms with van der Waals surface area (Å²) in [6.45, 7) is 2.76. The Kier molecular flexibility index (Phi) is 5.14. The summed E-state index contributed by atoms with van der Waals surface area (Å²) in [7, 11) is 0. The van der Waals surface area contributed by atoms with E-state index in [-0.39, 0.29) is 25.5 Å².